The second kappa shape index (κ2) is 3.47. The van der Waals surface area contributed by atoms with Crippen LogP contribution in [0.15, 0.2) is 35.4 Å². The molecule has 2 aromatic rings. The van der Waals surface area contributed by atoms with Crippen molar-refractivity contribution in [2.75, 3.05) is 0 Å². The van der Waals surface area contributed by atoms with E-state index in [1.807, 2.05) is 6.92 Å². The number of benzene rings is 1. The fourth-order valence-electron chi connectivity index (χ4n) is 1.46. The number of hydrogen-bond donors (Lipinski definition) is 0. The Balaban J connectivity index is 2.79. The third kappa shape index (κ3) is 1.96. The molecular weight excluding hydrogens is 234 g/mol. The van der Waals surface area contributed by atoms with Gasteiger partial charge in [0, 0.05) is 28.0 Å². The van der Waals surface area contributed by atoms with Crippen LogP contribution in [0.1, 0.15) is 5.69 Å². The Morgan fingerprint density at radius 2 is 2.00 bits per heavy atom. The van der Waals surface area contributed by atoms with E-state index < -0.39 is 9.05 Å². The summed E-state index contributed by atoms with van der Waals surface area (Å²) in [7, 11) is 1.60. The van der Waals surface area contributed by atoms with Crippen LogP contribution >= 0.6 is 10.7 Å². The maximum atomic E-state index is 11.1. The highest BCUT2D eigenvalue weighted by molar-refractivity contribution is 8.13. The quantitative estimate of drug-likeness (QED) is 0.721. The van der Waals surface area contributed by atoms with E-state index in [0.29, 0.717) is 0 Å². The molecule has 0 saturated carbocycles. The predicted molar refractivity (Wildman–Crippen MR) is 59.5 cm³/mol. The summed E-state index contributed by atoms with van der Waals surface area (Å²) in [5.41, 5.74) is 0.867. The molecule has 0 aliphatic heterocycles. The maximum absolute atomic E-state index is 11.1. The van der Waals surface area contributed by atoms with Crippen LogP contribution in [0.4, 0.5) is 0 Å². The molecule has 1 aromatic carbocycles. The van der Waals surface area contributed by atoms with Crippen LogP contribution in [0.5, 0.6) is 0 Å². The summed E-state index contributed by atoms with van der Waals surface area (Å²) >= 11 is 0. The van der Waals surface area contributed by atoms with Crippen LogP contribution in [-0.4, -0.2) is 13.4 Å². The van der Waals surface area contributed by atoms with E-state index in [2.05, 4.69) is 4.98 Å². The fourth-order valence-corrected chi connectivity index (χ4v) is 2.25. The summed E-state index contributed by atoms with van der Waals surface area (Å²) in [6, 6.07) is 6.51. The molecule has 0 atom stereocenters. The van der Waals surface area contributed by atoms with E-state index in [0.717, 1.165) is 16.5 Å². The number of halogens is 1. The Hall–Kier alpha value is -1.13. The third-order valence-electron chi connectivity index (χ3n) is 2.22. The van der Waals surface area contributed by atoms with E-state index in [9.17, 15) is 8.42 Å². The second-order valence-electron chi connectivity index (χ2n) is 3.22. The Labute approximate surface area is 92.1 Å². The summed E-state index contributed by atoms with van der Waals surface area (Å²) in [6.07, 6.45) is 1.64. The molecular formula is C10H8ClNO2S. The van der Waals surface area contributed by atoms with E-state index in [4.69, 9.17) is 10.7 Å². The number of hydrogen-bond acceptors (Lipinski definition) is 3. The molecule has 78 valence electrons. The molecule has 0 radical (unpaired) electrons. The van der Waals surface area contributed by atoms with Crippen molar-refractivity contribution in [3.05, 3.63) is 36.2 Å². The van der Waals surface area contributed by atoms with Gasteiger partial charge < -0.3 is 0 Å². The topological polar surface area (TPSA) is 47.0 Å². The zero-order valence-corrected chi connectivity index (χ0v) is 9.51. The number of rotatable bonds is 1. The lowest BCUT2D eigenvalue weighted by atomic mass is 10.1. The first kappa shape index (κ1) is 10.4. The minimum absolute atomic E-state index is 0.113. The molecule has 1 heterocycles. The number of aryl methyl sites for hydroxylation is 1. The van der Waals surface area contributed by atoms with Gasteiger partial charge >= 0.3 is 0 Å². The van der Waals surface area contributed by atoms with Crippen LogP contribution in [0.2, 0.25) is 0 Å². The summed E-state index contributed by atoms with van der Waals surface area (Å²) in [5.74, 6) is 0. The van der Waals surface area contributed by atoms with Gasteiger partial charge in [0.15, 0.2) is 0 Å². The highest BCUT2D eigenvalue weighted by Gasteiger charge is 2.10. The molecule has 0 spiro atoms. The third-order valence-corrected chi connectivity index (χ3v) is 3.57. The van der Waals surface area contributed by atoms with Crippen molar-refractivity contribution in [1.82, 2.24) is 4.98 Å². The van der Waals surface area contributed by atoms with Gasteiger partial charge in [0.25, 0.3) is 9.05 Å². The van der Waals surface area contributed by atoms with Crippen molar-refractivity contribution in [3.63, 3.8) is 0 Å². The number of nitrogens with zero attached hydrogens (tertiary/aromatic N) is 1. The van der Waals surface area contributed by atoms with Gasteiger partial charge in [-0.1, -0.05) is 6.07 Å². The summed E-state index contributed by atoms with van der Waals surface area (Å²) in [5, 5.41) is 1.76. The first-order valence-electron chi connectivity index (χ1n) is 4.28. The maximum Gasteiger partial charge on any atom is 0.261 e. The molecule has 0 saturated heterocycles. The molecule has 0 aliphatic carbocycles. The molecule has 0 bridgehead atoms. The zero-order valence-electron chi connectivity index (χ0n) is 7.94. The standard InChI is InChI=1S/C10H8ClNO2S/c1-7-10-3-2-9(15(11,13)14)6-8(10)4-5-12-7/h2-6H,1H3. The SMILES string of the molecule is Cc1nccc2cc(S(=O)(=O)Cl)ccc12. The second-order valence-corrected chi connectivity index (χ2v) is 5.78. The molecule has 0 N–H and O–H groups in total. The summed E-state index contributed by atoms with van der Waals surface area (Å²) in [4.78, 5) is 4.23. The van der Waals surface area contributed by atoms with E-state index in [1.54, 1.807) is 24.4 Å². The minimum Gasteiger partial charge on any atom is -0.261 e. The van der Waals surface area contributed by atoms with E-state index >= 15 is 0 Å². The zero-order chi connectivity index (χ0) is 11.1. The number of aromatic nitrogens is 1. The van der Waals surface area contributed by atoms with E-state index in [-0.39, 0.29) is 4.90 Å². The largest absolute Gasteiger partial charge is 0.261 e. The van der Waals surface area contributed by atoms with Gasteiger partial charge in [0.05, 0.1) is 4.90 Å². The number of pyridine rings is 1. The Bertz CT molecular complexity index is 622. The van der Waals surface area contributed by atoms with Crippen LogP contribution in [-0.2, 0) is 9.05 Å². The summed E-state index contributed by atoms with van der Waals surface area (Å²) < 4.78 is 22.2. The lowest BCUT2D eigenvalue weighted by molar-refractivity contribution is 0.609. The van der Waals surface area contributed by atoms with Crippen LogP contribution < -0.4 is 0 Å². The Morgan fingerprint density at radius 1 is 1.27 bits per heavy atom. The molecule has 3 nitrogen and oxygen atoms in total. The van der Waals surface area contributed by atoms with Gasteiger partial charge in [-0.3, -0.25) is 4.98 Å². The average molecular weight is 242 g/mol. The molecule has 2 rings (SSSR count). The molecule has 5 heteroatoms. The van der Waals surface area contributed by atoms with Crippen LogP contribution in [0.3, 0.4) is 0 Å². The molecule has 15 heavy (non-hydrogen) atoms. The lowest BCUT2D eigenvalue weighted by Gasteiger charge is -2.02. The average Bonchev–Trinajstić information content (AvgIpc) is 2.16. The van der Waals surface area contributed by atoms with Crippen molar-refractivity contribution in [2.45, 2.75) is 11.8 Å². The Morgan fingerprint density at radius 3 is 2.67 bits per heavy atom. The van der Waals surface area contributed by atoms with Gasteiger partial charge in [0.1, 0.15) is 0 Å². The lowest BCUT2D eigenvalue weighted by Crippen LogP contribution is -1.91. The smallest absolute Gasteiger partial charge is 0.261 e. The van der Waals surface area contributed by atoms with Crippen molar-refractivity contribution >= 4 is 30.5 Å². The van der Waals surface area contributed by atoms with Crippen molar-refractivity contribution in [1.29, 1.82) is 0 Å². The molecule has 0 unspecified atom stereocenters. The van der Waals surface area contributed by atoms with Gasteiger partial charge in [-0.25, -0.2) is 8.42 Å². The monoisotopic (exact) mass is 241 g/mol. The normalized spacial score (nSPS) is 11.9. The Kier molecular flexibility index (Phi) is 2.40. The van der Waals surface area contributed by atoms with Gasteiger partial charge in [0.2, 0.25) is 0 Å². The van der Waals surface area contributed by atoms with Gasteiger partial charge in [-0.2, -0.15) is 0 Å². The van der Waals surface area contributed by atoms with Crippen molar-refractivity contribution in [2.24, 2.45) is 0 Å². The predicted octanol–water partition coefficient (Wildman–Crippen LogP) is 2.47. The minimum atomic E-state index is -3.66. The first-order valence-corrected chi connectivity index (χ1v) is 6.59. The van der Waals surface area contributed by atoms with E-state index in [1.165, 1.54) is 6.07 Å². The summed E-state index contributed by atoms with van der Waals surface area (Å²) in [6.45, 7) is 1.87. The number of fused-ring (bicyclic) bond motifs is 1. The van der Waals surface area contributed by atoms with Gasteiger partial charge in [-0.15, -0.1) is 0 Å². The highest BCUT2D eigenvalue weighted by atomic mass is 35.7. The molecule has 0 fully saturated rings. The first-order chi connectivity index (χ1) is 6.98. The van der Waals surface area contributed by atoms with Crippen molar-refractivity contribution in [3.8, 4) is 0 Å². The molecule has 0 aliphatic rings. The van der Waals surface area contributed by atoms with Crippen molar-refractivity contribution < 1.29 is 8.42 Å². The van der Waals surface area contributed by atoms with Crippen LogP contribution in [0, 0.1) is 6.92 Å². The molecule has 1 aromatic heterocycles. The molecule has 0 amide bonds. The van der Waals surface area contributed by atoms with Crippen LogP contribution in [0.25, 0.3) is 10.8 Å². The fraction of sp³-hybridized carbons (Fsp3) is 0.100. The van der Waals surface area contributed by atoms with Gasteiger partial charge in [-0.05, 0) is 30.5 Å². The highest BCUT2D eigenvalue weighted by Crippen LogP contribution is 2.22.